The molecule has 0 saturated carbocycles. The number of nitrogens with zero attached hydrogens (tertiary/aromatic N) is 4. The van der Waals surface area contributed by atoms with E-state index >= 15 is 0 Å². The van der Waals surface area contributed by atoms with Gasteiger partial charge in [0.1, 0.15) is 17.2 Å². The third-order valence-corrected chi connectivity index (χ3v) is 4.73. The molecule has 1 aromatic heterocycles. The number of benzene rings is 2. The molecular weight excluding hydrogens is 331 g/mol. The zero-order valence-corrected chi connectivity index (χ0v) is 14.7. The summed E-state index contributed by atoms with van der Waals surface area (Å²) in [5, 5.41) is 8.38. The molecule has 3 aromatic rings. The lowest BCUT2D eigenvalue weighted by Crippen LogP contribution is -2.24. The first-order valence-corrected chi connectivity index (χ1v) is 8.70. The Hall–Kier alpha value is -3.02. The van der Waals surface area contributed by atoms with Gasteiger partial charge in [0, 0.05) is 24.2 Å². The van der Waals surface area contributed by atoms with Gasteiger partial charge in [0.2, 0.25) is 0 Å². The minimum Gasteiger partial charge on any atom is -0.334 e. The second-order valence-corrected chi connectivity index (χ2v) is 6.49. The highest BCUT2D eigenvalue weighted by atomic mass is 19.1. The summed E-state index contributed by atoms with van der Waals surface area (Å²) < 4.78 is 15.6. The van der Waals surface area contributed by atoms with Crippen molar-refractivity contribution in [3.8, 4) is 16.9 Å². The lowest BCUT2D eigenvalue weighted by molar-refractivity contribution is 0.0778. The first kappa shape index (κ1) is 16.4. The van der Waals surface area contributed by atoms with Gasteiger partial charge in [0.15, 0.2) is 0 Å². The standard InChI is InChI=1S/C20H19FN4O/c1-3-10-24-12-15-11-14(8-9-16(15)20(24)26)19-13(2)25(23-22-19)18-7-5-4-6-17(18)21/h4-9,11H,3,10,12H2,1-2H3. The van der Waals surface area contributed by atoms with Crippen molar-refractivity contribution in [1.82, 2.24) is 19.9 Å². The minimum atomic E-state index is -0.346. The predicted octanol–water partition coefficient (Wildman–Crippen LogP) is 3.75. The smallest absolute Gasteiger partial charge is 0.254 e. The van der Waals surface area contributed by atoms with Gasteiger partial charge in [0.05, 0.1) is 5.69 Å². The number of amides is 1. The average molecular weight is 350 g/mol. The van der Waals surface area contributed by atoms with Gasteiger partial charge >= 0.3 is 0 Å². The van der Waals surface area contributed by atoms with Crippen LogP contribution in [-0.2, 0) is 6.54 Å². The van der Waals surface area contributed by atoms with Crippen LogP contribution in [-0.4, -0.2) is 32.3 Å². The number of halogens is 1. The molecule has 0 spiro atoms. The largest absolute Gasteiger partial charge is 0.334 e. The van der Waals surface area contributed by atoms with Crippen LogP contribution in [0, 0.1) is 12.7 Å². The average Bonchev–Trinajstić information content (AvgIpc) is 3.16. The Morgan fingerprint density at radius 1 is 1.19 bits per heavy atom. The highest BCUT2D eigenvalue weighted by Crippen LogP contribution is 2.30. The summed E-state index contributed by atoms with van der Waals surface area (Å²) in [4.78, 5) is 14.2. The lowest BCUT2D eigenvalue weighted by atomic mass is 10.0. The molecule has 5 nitrogen and oxygen atoms in total. The van der Waals surface area contributed by atoms with Gasteiger partial charge < -0.3 is 4.90 Å². The number of carbonyl (C=O) groups excluding carboxylic acids is 1. The second-order valence-electron chi connectivity index (χ2n) is 6.49. The van der Waals surface area contributed by atoms with Crippen molar-refractivity contribution in [1.29, 1.82) is 0 Å². The highest BCUT2D eigenvalue weighted by Gasteiger charge is 2.27. The maximum Gasteiger partial charge on any atom is 0.254 e. The lowest BCUT2D eigenvalue weighted by Gasteiger charge is -2.13. The predicted molar refractivity (Wildman–Crippen MR) is 96.5 cm³/mol. The molecular formula is C20H19FN4O. The topological polar surface area (TPSA) is 51.0 Å². The van der Waals surface area contributed by atoms with Crippen LogP contribution in [0.1, 0.15) is 35.0 Å². The minimum absolute atomic E-state index is 0.0835. The molecule has 6 heteroatoms. The number of carbonyl (C=O) groups is 1. The molecule has 1 aliphatic heterocycles. The Morgan fingerprint density at radius 3 is 2.77 bits per heavy atom. The van der Waals surface area contributed by atoms with Crippen molar-refractivity contribution in [2.24, 2.45) is 0 Å². The maximum absolute atomic E-state index is 14.1. The Morgan fingerprint density at radius 2 is 2.00 bits per heavy atom. The summed E-state index contributed by atoms with van der Waals surface area (Å²) in [5.74, 6) is -0.262. The van der Waals surface area contributed by atoms with Gasteiger partial charge in [-0.15, -0.1) is 5.10 Å². The van der Waals surface area contributed by atoms with Crippen LogP contribution in [0.25, 0.3) is 16.9 Å². The van der Waals surface area contributed by atoms with Crippen LogP contribution in [0.4, 0.5) is 4.39 Å². The molecule has 2 heterocycles. The van der Waals surface area contributed by atoms with Crippen LogP contribution < -0.4 is 0 Å². The zero-order valence-electron chi connectivity index (χ0n) is 14.7. The van der Waals surface area contributed by atoms with Crippen molar-refractivity contribution >= 4 is 5.91 Å². The van der Waals surface area contributed by atoms with Crippen LogP contribution in [0.5, 0.6) is 0 Å². The fraction of sp³-hybridized carbons (Fsp3) is 0.250. The number of hydrogen-bond donors (Lipinski definition) is 0. The van der Waals surface area contributed by atoms with E-state index in [2.05, 4.69) is 17.2 Å². The molecule has 0 saturated heterocycles. The molecule has 0 atom stereocenters. The fourth-order valence-electron chi connectivity index (χ4n) is 3.43. The van der Waals surface area contributed by atoms with E-state index < -0.39 is 0 Å². The van der Waals surface area contributed by atoms with Crippen molar-refractivity contribution < 1.29 is 9.18 Å². The molecule has 1 aliphatic rings. The van der Waals surface area contributed by atoms with Crippen molar-refractivity contribution in [2.75, 3.05) is 6.54 Å². The molecule has 2 aromatic carbocycles. The quantitative estimate of drug-likeness (QED) is 0.720. The molecule has 132 valence electrons. The van der Waals surface area contributed by atoms with Crippen LogP contribution in [0.3, 0.4) is 0 Å². The summed E-state index contributed by atoms with van der Waals surface area (Å²) in [6.45, 7) is 5.30. The number of aromatic nitrogens is 3. The van der Waals surface area contributed by atoms with E-state index in [4.69, 9.17) is 0 Å². The zero-order chi connectivity index (χ0) is 18.3. The summed E-state index contributed by atoms with van der Waals surface area (Å²) in [6, 6.07) is 12.2. The highest BCUT2D eigenvalue weighted by molar-refractivity contribution is 5.99. The van der Waals surface area contributed by atoms with Crippen molar-refractivity contribution in [3.63, 3.8) is 0 Å². The molecule has 4 rings (SSSR count). The number of fused-ring (bicyclic) bond motifs is 1. The Bertz CT molecular complexity index is 995. The second kappa shape index (κ2) is 6.37. The molecule has 0 aliphatic carbocycles. The van der Waals surface area contributed by atoms with Gasteiger partial charge in [-0.05, 0) is 43.2 Å². The number of hydrogen-bond acceptors (Lipinski definition) is 3. The molecule has 1 amide bonds. The van der Waals surface area contributed by atoms with Crippen LogP contribution in [0.2, 0.25) is 0 Å². The summed E-state index contributed by atoms with van der Waals surface area (Å²) in [7, 11) is 0. The molecule has 0 radical (unpaired) electrons. The third-order valence-electron chi connectivity index (χ3n) is 4.73. The number of para-hydroxylation sites is 1. The monoisotopic (exact) mass is 350 g/mol. The van der Waals surface area contributed by atoms with E-state index in [0.717, 1.165) is 35.3 Å². The fourth-order valence-corrected chi connectivity index (χ4v) is 3.43. The van der Waals surface area contributed by atoms with Gasteiger partial charge in [-0.1, -0.05) is 30.3 Å². The van der Waals surface area contributed by atoms with Gasteiger partial charge in [-0.25, -0.2) is 9.07 Å². The Balaban J connectivity index is 1.72. The molecule has 0 unspecified atom stereocenters. The van der Waals surface area contributed by atoms with E-state index in [1.165, 1.54) is 10.7 Å². The summed E-state index contributed by atoms with van der Waals surface area (Å²) in [5.41, 5.74) is 4.45. The van der Waals surface area contributed by atoms with Crippen LogP contribution >= 0.6 is 0 Å². The van der Waals surface area contributed by atoms with Crippen LogP contribution in [0.15, 0.2) is 42.5 Å². The maximum atomic E-state index is 14.1. The van der Waals surface area contributed by atoms with Crippen molar-refractivity contribution in [3.05, 3.63) is 65.1 Å². The SMILES string of the molecule is CCCN1Cc2cc(-c3nnn(-c4ccccc4F)c3C)ccc2C1=O. The van der Waals surface area contributed by atoms with E-state index in [-0.39, 0.29) is 11.7 Å². The first-order chi connectivity index (χ1) is 12.6. The molecule has 0 bridgehead atoms. The first-order valence-electron chi connectivity index (χ1n) is 8.70. The Labute approximate surface area is 151 Å². The normalized spacial score (nSPS) is 13.3. The van der Waals surface area contributed by atoms with Gasteiger partial charge in [-0.3, -0.25) is 4.79 Å². The third kappa shape index (κ3) is 2.58. The van der Waals surface area contributed by atoms with Crippen molar-refractivity contribution in [2.45, 2.75) is 26.8 Å². The van der Waals surface area contributed by atoms with E-state index in [1.807, 2.05) is 30.0 Å². The molecule has 0 fully saturated rings. The summed E-state index contributed by atoms with van der Waals surface area (Å²) >= 11 is 0. The van der Waals surface area contributed by atoms with E-state index in [1.54, 1.807) is 18.2 Å². The number of rotatable bonds is 4. The van der Waals surface area contributed by atoms with E-state index in [0.29, 0.717) is 17.9 Å². The molecule has 0 N–H and O–H groups in total. The summed E-state index contributed by atoms with van der Waals surface area (Å²) in [6.07, 6.45) is 0.933. The van der Waals surface area contributed by atoms with Gasteiger partial charge in [-0.2, -0.15) is 0 Å². The Kier molecular flexibility index (Phi) is 4.03. The molecule has 26 heavy (non-hydrogen) atoms. The van der Waals surface area contributed by atoms with Gasteiger partial charge in [0.25, 0.3) is 5.91 Å². The van der Waals surface area contributed by atoms with E-state index in [9.17, 15) is 9.18 Å².